The van der Waals surface area contributed by atoms with Crippen molar-refractivity contribution in [2.75, 3.05) is 18.5 Å². The van der Waals surface area contributed by atoms with E-state index in [4.69, 9.17) is 5.11 Å². The second-order valence-corrected chi connectivity index (χ2v) is 5.07. The van der Waals surface area contributed by atoms with Crippen LogP contribution in [0.4, 0.5) is 5.69 Å². The number of rotatable bonds is 5. The Morgan fingerprint density at radius 1 is 1.28 bits per heavy atom. The smallest absolute Gasteiger partial charge is 0.308 e. The van der Waals surface area contributed by atoms with Gasteiger partial charge < -0.3 is 10.0 Å². The number of hydrogen-bond acceptors (Lipinski definition) is 2. The average molecular weight is 249 g/mol. The van der Waals surface area contributed by atoms with Gasteiger partial charge in [-0.25, -0.2) is 0 Å². The van der Waals surface area contributed by atoms with Gasteiger partial charge in [0.1, 0.15) is 0 Å². The molecule has 100 valence electrons. The minimum Gasteiger partial charge on any atom is -0.481 e. The quantitative estimate of drug-likeness (QED) is 0.871. The summed E-state index contributed by atoms with van der Waals surface area (Å²) in [5, 5.41) is 9.13. The summed E-state index contributed by atoms with van der Waals surface area (Å²) in [6, 6.07) is 4.28. The first kappa shape index (κ1) is 14.6. The topological polar surface area (TPSA) is 40.5 Å². The zero-order valence-electron chi connectivity index (χ0n) is 11.9. The minimum absolute atomic E-state index is 0.310. The summed E-state index contributed by atoms with van der Waals surface area (Å²) >= 11 is 0. The first-order chi connectivity index (χ1) is 8.36. The van der Waals surface area contributed by atoms with Gasteiger partial charge in [0.25, 0.3) is 0 Å². The van der Waals surface area contributed by atoms with Gasteiger partial charge in [-0.05, 0) is 38.3 Å². The molecule has 1 N–H and O–H groups in total. The van der Waals surface area contributed by atoms with E-state index >= 15 is 0 Å². The van der Waals surface area contributed by atoms with Crippen LogP contribution >= 0.6 is 0 Å². The van der Waals surface area contributed by atoms with E-state index in [1.807, 2.05) is 14.0 Å². The Labute approximate surface area is 109 Å². The molecule has 3 nitrogen and oxygen atoms in total. The number of anilines is 1. The molecular weight excluding hydrogens is 226 g/mol. The number of carboxylic acid groups (broad SMARTS) is 1. The van der Waals surface area contributed by atoms with Crippen molar-refractivity contribution in [3.05, 3.63) is 28.8 Å². The molecular formula is C15H23NO2. The zero-order valence-corrected chi connectivity index (χ0v) is 11.9. The normalized spacial score (nSPS) is 12.3. The summed E-state index contributed by atoms with van der Waals surface area (Å²) in [7, 11) is 1.97. The maximum absolute atomic E-state index is 11.1. The molecule has 3 heteroatoms. The number of aryl methyl sites for hydroxylation is 3. The molecule has 0 fully saturated rings. The van der Waals surface area contributed by atoms with Gasteiger partial charge >= 0.3 is 5.97 Å². The summed E-state index contributed by atoms with van der Waals surface area (Å²) in [6.45, 7) is 8.70. The highest BCUT2D eigenvalue weighted by Gasteiger charge is 2.19. The molecule has 1 aromatic carbocycles. The molecule has 0 bridgehead atoms. The van der Waals surface area contributed by atoms with E-state index in [-0.39, 0.29) is 5.92 Å². The third-order valence-corrected chi connectivity index (χ3v) is 3.35. The van der Waals surface area contributed by atoms with Gasteiger partial charge in [0.2, 0.25) is 0 Å². The van der Waals surface area contributed by atoms with Crippen molar-refractivity contribution in [1.82, 2.24) is 0 Å². The van der Waals surface area contributed by atoms with E-state index < -0.39 is 5.97 Å². The van der Waals surface area contributed by atoms with Gasteiger partial charge in [-0.3, -0.25) is 4.79 Å². The maximum Gasteiger partial charge on any atom is 0.308 e. The molecule has 0 saturated carbocycles. The molecule has 0 amide bonds. The molecule has 18 heavy (non-hydrogen) atoms. The molecule has 0 aliphatic carbocycles. The Bertz CT molecular complexity index is 417. The summed E-state index contributed by atoms with van der Waals surface area (Å²) < 4.78 is 0. The molecule has 0 spiro atoms. The molecule has 1 rings (SSSR count). The van der Waals surface area contributed by atoms with Crippen molar-refractivity contribution in [3.63, 3.8) is 0 Å². The van der Waals surface area contributed by atoms with Crippen molar-refractivity contribution >= 4 is 11.7 Å². The molecule has 0 radical (unpaired) electrons. The monoisotopic (exact) mass is 249 g/mol. The number of aliphatic carboxylic acids is 1. The first-order valence-corrected chi connectivity index (χ1v) is 6.38. The van der Waals surface area contributed by atoms with Crippen molar-refractivity contribution in [2.45, 2.75) is 34.1 Å². The second kappa shape index (κ2) is 5.89. The van der Waals surface area contributed by atoms with Gasteiger partial charge in [0.05, 0.1) is 5.92 Å². The lowest BCUT2D eigenvalue weighted by atomic mass is 10.0. The lowest BCUT2D eigenvalue weighted by Gasteiger charge is -2.26. The van der Waals surface area contributed by atoms with Gasteiger partial charge in [0.15, 0.2) is 0 Å². The maximum atomic E-state index is 11.1. The number of carboxylic acids is 1. The van der Waals surface area contributed by atoms with Crippen LogP contribution in [0.2, 0.25) is 0 Å². The average Bonchev–Trinajstić information content (AvgIpc) is 2.23. The Morgan fingerprint density at radius 2 is 1.78 bits per heavy atom. The van der Waals surface area contributed by atoms with Gasteiger partial charge in [0, 0.05) is 19.3 Å². The van der Waals surface area contributed by atoms with E-state index in [9.17, 15) is 4.79 Å². The van der Waals surface area contributed by atoms with Crippen LogP contribution in [0.25, 0.3) is 0 Å². The molecule has 0 aliphatic rings. The molecule has 1 aromatic rings. The molecule has 0 saturated heterocycles. The van der Waals surface area contributed by atoms with E-state index in [2.05, 4.69) is 37.8 Å². The first-order valence-electron chi connectivity index (χ1n) is 6.38. The van der Waals surface area contributed by atoms with Crippen LogP contribution in [0, 0.1) is 26.7 Å². The fraction of sp³-hybridized carbons (Fsp3) is 0.533. The summed E-state index contributed by atoms with van der Waals surface area (Å²) in [6.07, 6.45) is 0.656. The SMILES string of the molecule is CCC(CN(C)c1c(C)cc(C)cc1C)C(=O)O. The second-order valence-electron chi connectivity index (χ2n) is 5.07. The minimum atomic E-state index is -0.716. The molecule has 0 aromatic heterocycles. The molecule has 1 atom stereocenters. The predicted octanol–water partition coefficient (Wildman–Crippen LogP) is 3.16. The standard InChI is InChI=1S/C15H23NO2/c1-6-13(15(17)18)9-16(5)14-11(3)7-10(2)8-12(14)4/h7-8,13H,6,9H2,1-5H3,(H,17,18). The fourth-order valence-corrected chi connectivity index (χ4v) is 2.58. The van der Waals surface area contributed by atoms with E-state index in [1.54, 1.807) is 0 Å². The number of nitrogens with zero attached hydrogens (tertiary/aromatic N) is 1. The Balaban J connectivity index is 2.97. The van der Waals surface area contributed by atoms with Gasteiger partial charge in [-0.2, -0.15) is 0 Å². The van der Waals surface area contributed by atoms with Crippen LogP contribution in [0.5, 0.6) is 0 Å². The van der Waals surface area contributed by atoms with Gasteiger partial charge in [-0.1, -0.05) is 24.6 Å². The predicted molar refractivity (Wildman–Crippen MR) is 75.3 cm³/mol. The van der Waals surface area contributed by atoms with Crippen LogP contribution in [0.3, 0.4) is 0 Å². The highest BCUT2D eigenvalue weighted by molar-refractivity contribution is 5.71. The van der Waals surface area contributed by atoms with Crippen molar-refractivity contribution in [1.29, 1.82) is 0 Å². The van der Waals surface area contributed by atoms with Crippen molar-refractivity contribution in [3.8, 4) is 0 Å². The third-order valence-electron chi connectivity index (χ3n) is 3.35. The fourth-order valence-electron chi connectivity index (χ4n) is 2.58. The summed E-state index contributed by atoms with van der Waals surface area (Å²) in [5.74, 6) is -1.03. The van der Waals surface area contributed by atoms with Crippen LogP contribution in [-0.4, -0.2) is 24.7 Å². The van der Waals surface area contributed by atoms with Crippen LogP contribution < -0.4 is 4.90 Å². The Morgan fingerprint density at radius 3 is 2.17 bits per heavy atom. The summed E-state index contributed by atoms with van der Waals surface area (Å²) in [4.78, 5) is 13.2. The number of hydrogen-bond donors (Lipinski definition) is 1. The van der Waals surface area contributed by atoms with Crippen LogP contribution in [-0.2, 0) is 4.79 Å². The third kappa shape index (κ3) is 3.25. The molecule has 1 unspecified atom stereocenters. The lowest BCUT2D eigenvalue weighted by molar-refractivity contribution is -0.141. The van der Waals surface area contributed by atoms with E-state index in [0.717, 1.165) is 5.69 Å². The Hall–Kier alpha value is -1.51. The molecule has 0 aliphatic heterocycles. The van der Waals surface area contributed by atoms with Crippen LogP contribution in [0.15, 0.2) is 12.1 Å². The largest absolute Gasteiger partial charge is 0.481 e. The highest BCUT2D eigenvalue weighted by Crippen LogP contribution is 2.26. The zero-order chi connectivity index (χ0) is 13.9. The number of carbonyl (C=O) groups is 1. The molecule has 0 heterocycles. The number of benzene rings is 1. The van der Waals surface area contributed by atoms with E-state index in [1.165, 1.54) is 16.7 Å². The lowest BCUT2D eigenvalue weighted by Crippen LogP contribution is -2.30. The van der Waals surface area contributed by atoms with Gasteiger partial charge in [-0.15, -0.1) is 0 Å². The Kier molecular flexibility index (Phi) is 4.76. The summed E-state index contributed by atoms with van der Waals surface area (Å²) in [5.41, 5.74) is 4.80. The van der Waals surface area contributed by atoms with Crippen molar-refractivity contribution < 1.29 is 9.90 Å². The van der Waals surface area contributed by atoms with E-state index in [0.29, 0.717) is 13.0 Å². The highest BCUT2D eigenvalue weighted by atomic mass is 16.4. The van der Waals surface area contributed by atoms with Crippen LogP contribution in [0.1, 0.15) is 30.0 Å². The van der Waals surface area contributed by atoms with Crippen molar-refractivity contribution in [2.24, 2.45) is 5.92 Å².